The summed E-state index contributed by atoms with van der Waals surface area (Å²) in [5, 5.41) is 0. The molecule has 1 aliphatic rings. The molecule has 1 aromatic carbocycles. The van der Waals surface area contributed by atoms with Gasteiger partial charge in [0, 0.05) is 36.8 Å². The number of nitrogens with zero attached hydrogens (tertiary/aromatic N) is 2. The Bertz CT molecular complexity index is 643. The van der Waals surface area contributed by atoms with Gasteiger partial charge in [-0.2, -0.15) is 0 Å². The Morgan fingerprint density at radius 2 is 1.54 bits per heavy atom. The monoisotopic (exact) mass is 356 g/mol. The molecule has 0 saturated carbocycles. The number of fused-ring (bicyclic) bond motifs is 1. The normalized spacial score (nSPS) is 14.8. The molecule has 4 nitrogen and oxygen atoms in total. The summed E-state index contributed by atoms with van der Waals surface area (Å²) in [7, 11) is 0. The third-order valence-corrected chi connectivity index (χ3v) is 4.84. The van der Waals surface area contributed by atoms with Crippen molar-refractivity contribution >= 4 is 17.5 Å². The first-order chi connectivity index (χ1) is 12.6. The lowest BCUT2D eigenvalue weighted by Gasteiger charge is -2.23. The summed E-state index contributed by atoms with van der Waals surface area (Å²) >= 11 is 0. The van der Waals surface area contributed by atoms with Crippen LogP contribution in [0.1, 0.15) is 75.2 Å². The highest BCUT2D eigenvalue weighted by atomic mass is 16.2. The molecular formula is C22H32N2O2. The molecule has 0 N–H and O–H groups in total. The van der Waals surface area contributed by atoms with Crippen LogP contribution in [0.5, 0.6) is 0 Å². The maximum absolute atomic E-state index is 13.0. The lowest BCUT2D eigenvalue weighted by molar-refractivity contribution is -0.126. The Labute approximate surface area is 157 Å². The molecule has 0 aliphatic carbocycles. The van der Waals surface area contributed by atoms with Crippen LogP contribution in [0.25, 0.3) is 5.70 Å². The molecule has 0 unspecified atom stereocenters. The van der Waals surface area contributed by atoms with Crippen molar-refractivity contribution in [2.75, 3.05) is 19.6 Å². The zero-order valence-electron chi connectivity index (χ0n) is 16.5. The molecule has 0 radical (unpaired) electrons. The molecule has 2 rings (SSSR count). The number of hydrogen-bond acceptors (Lipinski definition) is 2. The van der Waals surface area contributed by atoms with Crippen LogP contribution in [-0.2, 0) is 4.79 Å². The molecule has 1 aliphatic heterocycles. The van der Waals surface area contributed by atoms with E-state index in [2.05, 4.69) is 20.8 Å². The van der Waals surface area contributed by atoms with Crippen molar-refractivity contribution in [3.05, 3.63) is 41.5 Å². The van der Waals surface area contributed by atoms with Crippen molar-refractivity contribution in [2.24, 2.45) is 0 Å². The molecule has 4 heteroatoms. The van der Waals surface area contributed by atoms with Gasteiger partial charge in [0.25, 0.3) is 5.91 Å². The van der Waals surface area contributed by atoms with Gasteiger partial charge in [-0.05, 0) is 25.3 Å². The number of amides is 2. The summed E-state index contributed by atoms with van der Waals surface area (Å²) in [5.41, 5.74) is 2.35. The van der Waals surface area contributed by atoms with Crippen molar-refractivity contribution in [1.29, 1.82) is 0 Å². The molecule has 0 saturated heterocycles. The first kappa shape index (κ1) is 20.2. The Morgan fingerprint density at radius 3 is 2.12 bits per heavy atom. The van der Waals surface area contributed by atoms with Gasteiger partial charge in [0.1, 0.15) is 0 Å². The largest absolute Gasteiger partial charge is 0.339 e. The first-order valence-electron chi connectivity index (χ1n) is 10.1. The number of hydrogen-bond donors (Lipinski definition) is 0. The van der Waals surface area contributed by atoms with Gasteiger partial charge < -0.3 is 9.80 Å². The van der Waals surface area contributed by atoms with Crippen molar-refractivity contribution in [2.45, 2.75) is 59.3 Å². The molecule has 1 heterocycles. The minimum absolute atomic E-state index is 0.0155. The van der Waals surface area contributed by atoms with Crippen LogP contribution in [-0.4, -0.2) is 41.2 Å². The van der Waals surface area contributed by atoms with Crippen molar-refractivity contribution in [3.63, 3.8) is 0 Å². The van der Waals surface area contributed by atoms with Crippen molar-refractivity contribution in [3.8, 4) is 0 Å². The second-order valence-electron chi connectivity index (χ2n) is 6.92. The summed E-state index contributed by atoms with van der Waals surface area (Å²) in [6.45, 7) is 8.61. The average Bonchev–Trinajstić information content (AvgIpc) is 2.92. The van der Waals surface area contributed by atoms with E-state index in [1.54, 1.807) is 11.0 Å². The Hall–Kier alpha value is -2.10. The van der Waals surface area contributed by atoms with Crippen molar-refractivity contribution < 1.29 is 9.59 Å². The zero-order chi connectivity index (χ0) is 18.9. The van der Waals surface area contributed by atoms with Crippen LogP contribution >= 0.6 is 0 Å². The summed E-state index contributed by atoms with van der Waals surface area (Å²) < 4.78 is 0. The fourth-order valence-corrected chi connectivity index (χ4v) is 3.23. The molecule has 0 atom stereocenters. The van der Waals surface area contributed by atoms with E-state index in [0.717, 1.165) is 62.9 Å². The van der Waals surface area contributed by atoms with Crippen LogP contribution in [0.4, 0.5) is 0 Å². The van der Waals surface area contributed by atoms with E-state index >= 15 is 0 Å². The fourth-order valence-electron chi connectivity index (χ4n) is 3.23. The number of unbranched alkanes of at least 4 members (excludes halogenated alkanes) is 3. The predicted molar refractivity (Wildman–Crippen MR) is 107 cm³/mol. The minimum atomic E-state index is 0.0155. The second-order valence-corrected chi connectivity index (χ2v) is 6.92. The van der Waals surface area contributed by atoms with E-state index in [-0.39, 0.29) is 11.8 Å². The molecule has 2 amide bonds. The van der Waals surface area contributed by atoms with E-state index in [9.17, 15) is 9.59 Å². The first-order valence-corrected chi connectivity index (χ1v) is 10.1. The van der Waals surface area contributed by atoms with Gasteiger partial charge in [-0.3, -0.25) is 9.59 Å². The van der Waals surface area contributed by atoms with E-state index in [1.807, 2.05) is 29.2 Å². The van der Waals surface area contributed by atoms with Crippen LogP contribution in [0.3, 0.4) is 0 Å². The van der Waals surface area contributed by atoms with E-state index in [4.69, 9.17) is 0 Å². The Kier molecular flexibility index (Phi) is 7.89. The SMILES string of the molecule is CCCCN(CCCC)C(=O)/C=C1\c2ccccc2C(=O)N1CCCC. The van der Waals surface area contributed by atoms with Crippen LogP contribution in [0.15, 0.2) is 30.3 Å². The molecule has 0 fully saturated rings. The minimum Gasteiger partial charge on any atom is -0.339 e. The number of carbonyl (C=O) groups is 2. The van der Waals surface area contributed by atoms with Crippen LogP contribution in [0.2, 0.25) is 0 Å². The smallest absolute Gasteiger partial charge is 0.258 e. The highest BCUT2D eigenvalue weighted by Gasteiger charge is 2.32. The molecular weight excluding hydrogens is 324 g/mol. The summed E-state index contributed by atoms with van der Waals surface area (Å²) in [6, 6.07) is 7.61. The topological polar surface area (TPSA) is 40.6 Å². The highest BCUT2D eigenvalue weighted by Crippen LogP contribution is 2.33. The number of benzene rings is 1. The molecule has 1 aromatic rings. The van der Waals surface area contributed by atoms with Gasteiger partial charge in [-0.25, -0.2) is 0 Å². The average molecular weight is 357 g/mol. The lowest BCUT2D eigenvalue weighted by atomic mass is 10.1. The maximum atomic E-state index is 13.0. The van der Waals surface area contributed by atoms with Gasteiger partial charge in [0.2, 0.25) is 5.91 Å². The molecule has 0 bridgehead atoms. The van der Waals surface area contributed by atoms with Gasteiger partial charge in [0.05, 0.1) is 5.70 Å². The van der Waals surface area contributed by atoms with Crippen LogP contribution < -0.4 is 0 Å². The molecule has 0 aromatic heterocycles. The molecule has 142 valence electrons. The maximum Gasteiger partial charge on any atom is 0.258 e. The summed E-state index contributed by atoms with van der Waals surface area (Å²) in [5.74, 6) is 0.0367. The van der Waals surface area contributed by atoms with E-state index < -0.39 is 0 Å². The zero-order valence-corrected chi connectivity index (χ0v) is 16.5. The Morgan fingerprint density at radius 1 is 0.962 bits per heavy atom. The van der Waals surface area contributed by atoms with Crippen LogP contribution in [0, 0.1) is 0 Å². The van der Waals surface area contributed by atoms with Gasteiger partial charge in [-0.15, -0.1) is 0 Å². The van der Waals surface area contributed by atoms with Gasteiger partial charge in [0.15, 0.2) is 0 Å². The standard InChI is InChI=1S/C22H32N2O2/c1-4-7-14-23(15-8-5-2)21(25)17-20-18-12-10-11-13-19(18)22(26)24(20)16-9-6-3/h10-13,17H,4-9,14-16H2,1-3H3/b20-17+. The lowest BCUT2D eigenvalue weighted by Crippen LogP contribution is -2.33. The summed E-state index contributed by atoms with van der Waals surface area (Å²) in [4.78, 5) is 29.4. The predicted octanol–water partition coefficient (Wildman–Crippen LogP) is 4.71. The second kappa shape index (κ2) is 10.1. The van der Waals surface area contributed by atoms with E-state index in [0.29, 0.717) is 12.1 Å². The number of rotatable bonds is 10. The quantitative estimate of drug-likeness (QED) is 0.570. The van der Waals surface area contributed by atoms with Gasteiger partial charge >= 0.3 is 0 Å². The fraction of sp³-hybridized carbons (Fsp3) is 0.545. The van der Waals surface area contributed by atoms with Gasteiger partial charge in [-0.1, -0.05) is 58.2 Å². The third kappa shape index (κ3) is 4.75. The Balaban J connectivity index is 2.30. The molecule has 26 heavy (non-hydrogen) atoms. The third-order valence-electron chi connectivity index (χ3n) is 4.84. The number of carbonyl (C=O) groups excluding carboxylic acids is 2. The van der Waals surface area contributed by atoms with E-state index in [1.165, 1.54) is 0 Å². The summed E-state index contributed by atoms with van der Waals surface area (Å²) in [6.07, 6.45) is 7.78. The molecule has 0 spiro atoms. The highest BCUT2D eigenvalue weighted by molar-refractivity contribution is 6.12. The van der Waals surface area contributed by atoms with Crippen molar-refractivity contribution in [1.82, 2.24) is 9.80 Å².